The van der Waals surface area contributed by atoms with E-state index >= 15 is 0 Å². The molecule has 1 heterocycles. The van der Waals surface area contributed by atoms with Crippen LogP contribution in [-0.4, -0.2) is 25.2 Å². The summed E-state index contributed by atoms with van der Waals surface area (Å²) in [6.07, 6.45) is 2.76. The molecule has 1 fully saturated rings. The molecule has 1 saturated carbocycles. The first-order valence-electron chi connectivity index (χ1n) is 9.52. The van der Waals surface area contributed by atoms with Crippen molar-refractivity contribution in [2.45, 2.75) is 52.2 Å². The van der Waals surface area contributed by atoms with Crippen molar-refractivity contribution in [2.75, 3.05) is 7.11 Å². The van der Waals surface area contributed by atoms with Crippen molar-refractivity contribution in [1.82, 2.24) is 10.6 Å². The van der Waals surface area contributed by atoms with E-state index in [2.05, 4.69) is 24.5 Å². The van der Waals surface area contributed by atoms with Gasteiger partial charge in [-0.15, -0.1) is 0 Å². The second-order valence-corrected chi connectivity index (χ2v) is 7.64. The minimum Gasteiger partial charge on any atom is -0.497 e. The highest BCUT2D eigenvalue weighted by Crippen LogP contribution is 2.33. The Labute approximate surface area is 160 Å². The molecule has 0 spiro atoms. The van der Waals surface area contributed by atoms with Gasteiger partial charge in [0.05, 0.1) is 18.7 Å². The fourth-order valence-electron chi connectivity index (χ4n) is 3.83. The normalized spacial score (nSPS) is 28.2. The van der Waals surface area contributed by atoms with Gasteiger partial charge < -0.3 is 20.1 Å². The van der Waals surface area contributed by atoms with Gasteiger partial charge in [-0.25, -0.2) is 9.59 Å². The van der Waals surface area contributed by atoms with E-state index in [-0.39, 0.29) is 18.1 Å². The first kappa shape index (κ1) is 19.3. The van der Waals surface area contributed by atoms with E-state index < -0.39 is 6.04 Å². The molecule has 146 valence electrons. The fraction of sp³-hybridized carbons (Fsp3) is 0.524. The zero-order valence-electron chi connectivity index (χ0n) is 16.4. The van der Waals surface area contributed by atoms with Gasteiger partial charge in [-0.3, -0.25) is 0 Å². The SMILES string of the molecule is COc1ccc(C2NC(=O)NC(C)=C2C(=O)OC2CCC(C)C(C)C2)cc1. The number of allylic oxidation sites excluding steroid dienone is 1. The number of hydrogen-bond donors (Lipinski definition) is 2. The van der Waals surface area contributed by atoms with Crippen molar-refractivity contribution in [2.24, 2.45) is 11.8 Å². The van der Waals surface area contributed by atoms with Gasteiger partial charge in [0.25, 0.3) is 0 Å². The second kappa shape index (κ2) is 8.03. The van der Waals surface area contributed by atoms with Gasteiger partial charge in [0, 0.05) is 5.70 Å². The molecular weight excluding hydrogens is 344 g/mol. The van der Waals surface area contributed by atoms with Crippen LogP contribution in [0.3, 0.4) is 0 Å². The molecular formula is C21H28N2O4. The third-order valence-corrected chi connectivity index (χ3v) is 5.76. The molecule has 0 bridgehead atoms. The van der Waals surface area contributed by atoms with Crippen LogP contribution in [0.25, 0.3) is 0 Å². The summed E-state index contributed by atoms with van der Waals surface area (Å²) >= 11 is 0. The Bertz CT molecular complexity index is 741. The number of ether oxygens (including phenoxy) is 2. The molecule has 6 nitrogen and oxygen atoms in total. The second-order valence-electron chi connectivity index (χ2n) is 7.64. The molecule has 1 aromatic rings. The first-order chi connectivity index (χ1) is 12.9. The van der Waals surface area contributed by atoms with Crippen LogP contribution < -0.4 is 15.4 Å². The summed E-state index contributed by atoms with van der Waals surface area (Å²) < 4.78 is 11.0. The van der Waals surface area contributed by atoms with Crippen LogP contribution in [-0.2, 0) is 9.53 Å². The summed E-state index contributed by atoms with van der Waals surface area (Å²) in [4.78, 5) is 25.0. The third kappa shape index (κ3) is 4.26. The topological polar surface area (TPSA) is 76.7 Å². The minimum atomic E-state index is -0.544. The van der Waals surface area contributed by atoms with Gasteiger partial charge >= 0.3 is 12.0 Å². The van der Waals surface area contributed by atoms with Crippen molar-refractivity contribution in [3.63, 3.8) is 0 Å². The molecule has 2 aliphatic rings. The van der Waals surface area contributed by atoms with E-state index in [1.165, 1.54) is 0 Å². The number of rotatable bonds is 4. The molecule has 0 saturated heterocycles. The number of esters is 1. The zero-order chi connectivity index (χ0) is 19.6. The van der Waals surface area contributed by atoms with Gasteiger partial charge in [-0.2, -0.15) is 0 Å². The first-order valence-corrected chi connectivity index (χ1v) is 9.52. The van der Waals surface area contributed by atoms with Gasteiger partial charge in [-0.1, -0.05) is 26.0 Å². The van der Waals surface area contributed by atoms with Gasteiger partial charge in [0.15, 0.2) is 0 Å². The largest absolute Gasteiger partial charge is 0.497 e. The molecule has 1 aromatic carbocycles. The molecule has 0 aromatic heterocycles. The number of urea groups is 1. The lowest BCUT2D eigenvalue weighted by molar-refractivity contribution is -0.147. The molecule has 4 atom stereocenters. The minimum absolute atomic E-state index is 0.0712. The Balaban J connectivity index is 1.81. The molecule has 2 N–H and O–H groups in total. The van der Waals surface area contributed by atoms with Crippen molar-refractivity contribution in [1.29, 1.82) is 0 Å². The Morgan fingerprint density at radius 1 is 1.11 bits per heavy atom. The predicted octanol–water partition coefficient (Wildman–Crippen LogP) is 3.69. The van der Waals surface area contributed by atoms with E-state index in [0.717, 1.165) is 24.8 Å². The summed E-state index contributed by atoms with van der Waals surface area (Å²) in [5.74, 6) is 1.54. The Hall–Kier alpha value is -2.50. The van der Waals surface area contributed by atoms with Crippen LogP contribution in [0, 0.1) is 11.8 Å². The monoisotopic (exact) mass is 372 g/mol. The lowest BCUT2D eigenvalue weighted by atomic mass is 9.80. The maximum Gasteiger partial charge on any atom is 0.338 e. The van der Waals surface area contributed by atoms with Crippen molar-refractivity contribution >= 4 is 12.0 Å². The third-order valence-electron chi connectivity index (χ3n) is 5.76. The van der Waals surface area contributed by atoms with Crippen LogP contribution in [0.4, 0.5) is 4.79 Å². The Morgan fingerprint density at radius 3 is 2.44 bits per heavy atom. The van der Waals surface area contributed by atoms with Gasteiger partial charge in [0.1, 0.15) is 11.9 Å². The smallest absolute Gasteiger partial charge is 0.338 e. The molecule has 3 rings (SSSR count). The highest BCUT2D eigenvalue weighted by atomic mass is 16.5. The van der Waals surface area contributed by atoms with Gasteiger partial charge in [0.2, 0.25) is 0 Å². The van der Waals surface area contributed by atoms with Crippen LogP contribution in [0.1, 0.15) is 51.6 Å². The fourth-order valence-corrected chi connectivity index (χ4v) is 3.83. The number of carbonyl (C=O) groups excluding carboxylic acids is 2. The molecule has 1 aliphatic heterocycles. The van der Waals surface area contributed by atoms with Gasteiger partial charge in [-0.05, 0) is 55.7 Å². The maximum absolute atomic E-state index is 13.0. The summed E-state index contributed by atoms with van der Waals surface area (Å²) in [6.45, 7) is 6.19. The van der Waals surface area contributed by atoms with Crippen molar-refractivity contribution in [3.8, 4) is 5.75 Å². The van der Waals surface area contributed by atoms with Crippen molar-refractivity contribution in [3.05, 3.63) is 41.1 Å². The molecule has 4 unspecified atom stereocenters. The molecule has 6 heteroatoms. The van der Waals surface area contributed by atoms with E-state index in [9.17, 15) is 9.59 Å². The summed E-state index contributed by atoms with van der Waals surface area (Å²) in [5.41, 5.74) is 1.79. The average Bonchev–Trinajstić information content (AvgIpc) is 2.64. The van der Waals surface area contributed by atoms with Crippen LogP contribution in [0.15, 0.2) is 35.5 Å². The average molecular weight is 372 g/mol. The quantitative estimate of drug-likeness (QED) is 0.790. The lowest BCUT2D eigenvalue weighted by Gasteiger charge is -2.33. The van der Waals surface area contributed by atoms with Crippen LogP contribution in [0.2, 0.25) is 0 Å². The van der Waals surface area contributed by atoms with E-state index in [0.29, 0.717) is 28.9 Å². The van der Waals surface area contributed by atoms with E-state index in [4.69, 9.17) is 9.47 Å². The predicted molar refractivity (Wildman–Crippen MR) is 102 cm³/mol. The van der Waals surface area contributed by atoms with Crippen LogP contribution in [0.5, 0.6) is 5.75 Å². The Kier molecular flexibility index (Phi) is 5.73. The summed E-state index contributed by atoms with van der Waals surface area (Å²) in [6, 6.07) is 6.44. The summed E-state index contributed by atoms with van der Waals surface area (Å²) in [7, 11) is 1.60. The molecule has 2 amide bonds. The van der Waals surface area contributed by atoms with Crippen LogP contribution >= 0.6 is 0 Å². The lowest BCUT2D eigenvalue weighted by Crippen LogP contribution is -2.45. The van der Waals surface area contributed by atoms with Crippen molar-refractivity contribution < 1.29 is 19.1 Å². The molecule has 1 aliphatic carbocycles. The summed E-state index contributed by atoms with van der Waals surface area (Å²) in [5, 5.41) is 5.52. The van der Waals surface area contributed by atoms with E-state index in [1.807, 2.05) is 24.3 Å². The highest BCUT2D eigenvalue weighted by molar-refractivity contribution is 5.95. The van der Waals surface area contributed by atoms with E-state index in [1.54, 1.807) is 14.0 Å². The number of benzene rings is 1. The number of nitrogens with one attached hydrogen (secondary N) is 2. The molecule has 27 heavy (non-hydrogen) atoms. The molecule has 0 radical (unpaired) electrons. The highest BCUT2D eigenvalue weighted by Gasteiger charge is 2.34. The number of methoxy groups -OCH3 is 1. The number of hydrogen-bond acceptors (Lipinski definition) is 4. The standard InChI is InChI=1S/C21H28N2O4/c1-12-5-8-17(11-13(12)2)27-20(24)18-14(3)22-21(25)23-19(18)15-6-9-16(26-4)10-7-15/h6-7,9-10,12-13,17,19H,5,8,11H2,1-4H3,(H2,22,23,25). The zero-order valence-corrected chi connectivity index (χ0v) is 16.4. The Morgan fingerprint density at radius 2 is 1.81 bits per heavy atom. The number of carbonyl (C=O) groups is 2. The number of amides is 2. The maximum atomic E-state index is 13.0.